The Balaban J connectivity index is 2.50. The summed E-state index contributed by atoms with van der Waals surface area (Å²) in [6.07, 6.45) is 0.709. The van der Waals surface area contributed by atoms with E-state index in [0.29, 0.717) is 6.42 Å². The molecule has 0 fully saturated rings. The van der Waals surface area contributed by atoms with E-state index in [1.54, 1.807) is 7.11 Å². The molecule has 1 unspecified atom stereocenters. The van der Waals surface area contributed by atoms with Gasteiger partial charge in [-0.05, 0) is 24.1 Å². The summed E-state index contributed by atoms with van der Waals surface area (Å²) in [4.78, 5) is 24.3. The van der Waals surface area contributed by atoms with Crippen molar-refractivity contribution in [2.24, 2.45) is 14.1 Å². The summed E-state index contributed by atoms with van der Waals surface area (Å²) in [7, 11) is 4.49. The van der Waals surface area contributed by atoms with E-state index in [0.717, 1.165) is 15.9 Å². The van der Waals surface area contributed by atoms with E-state index in [2.05, 4.69) is 5.32 Å². The number of methoxy groups -OCH3 is 1. The third kappa shape index (κ3) is 3.04. The third-order valence-corrected chi connectivity index (χ3v) is 4.01. The van der Waals surface area contributed by atoms with Gasteiger partial charge in [0.2, 0.25) is 0 Å². The van der Waals surface area contributed by atoms with Crippen LogP contribution in [-0.2, 0) is 14.1 Å². The fourth-order valence-corrected chi connectivity index (χ4v) is 2.54. The topological polar surface area (TPSA) is 89.0 Å². The molecule has 1 N–H and O–H groups in total. The molecule has 2 aromatic rings. The average molecular weight is 328 g/mol. The van der Waals surface area contributed by atoms with E-state index in [1.807, 2.05) is 37.3 Å². The molecule has 0 radical (unpaired) electrons. The molecule has 24 heavy (non-hydrogen) atoms. The van der Waals surface area contributed by atoms with E-state index in [4.69, 9.17) is 4.74 Å². The van der Waals surface area contributed by atoms with Gasteiger partial charge in [0, 0.05) is 14.1 Å². The van der Waals surface area contributed by atoms with Gasteiger partial charge in [-0.3, -0.25) is 13.9 Å². The van der Waals surface area contributed by atoms with Gasteiger partial charge in [-0.1, -0.05) is 19.1 Å². The van der Waals surface area contributed by atoms with Gasteiger partial charge >= 0.3 is 5.69 Å². The summed E-state index contributed by atoms with van der Waals surface area (Å²) in [5.74, 6) is 0.973. The summed E-state index contributed by atoms with van der Waals surface area (Å²) >= 11 is 0. The third-order valence-electron chi connectivity index (χ3n) is 4.01. The minimum atomic E-state index is -0.604. The molecule has 0 amide bonds. The van der Waals surface area contributed by atoms with Crippen LogP contribution >= 0.6 is 0 Å². The number of nitriles is 1. The molecule has 1 heterocycles. The molecule has 0 aliphatic heterocycles. The number of aromatic nitrogens is 2. The lowest BCUT2D eigenvalue weighted by Crippen LogP contribution is -2.40. The SMILES string of the molecule is CCC(Nc1c(C#N)c(=O)n(C)c(=O)n1C)c1ccc(OC)cc1. The number of benzene rings is 1. The molecule has 2 rings (SSSR count). The summed E-state index contributed by atoms with van der Waals surface area (Å²) in [5.41, 5.74) is -0.194. The van der Waals surface area contributed by atoms with Crippen molar-refractivity contribution in [3.8, 4) is 11.8 Å². The van der Waals surface area contributed by atoms with E-state index in [1.165, 1.54) is 18.7 Å². The van der Waals surface area contributed by atoms with E-state index >= 15 is 0 Å². The highest BCUT2D eigenvalue weighted by Crippen LogP contribution is 2.24. The predicted molar refractivity (Wildman–Crippen MR) is 91.3 cm³/mol. The molecule has 0 saturated heterocycles. The average Bonchev–Trinajstić information content (AvgIpc) is 2.62. The Bertz CT molecular complexity index is 888. The molecular weight excluding hydrogens is 308 g/mol. The Hall–Kier alpha value is -3.01. The predicted octanol–water partition coefficient (Wildman–Crippen LogP) is 1.53. The van der Waals surface area contributed by atoms with Crippen LogP contribution in [0.4, 0.5) is 5.82 Å². The Morgan fingerprint density at radius 2 is 1.83 bits per heavy atom. The molecule has 1 aromatic carbocycles. The molecule has 0 bridgehead atoms. The first-order valence-electron chi connectivity index (χ1n) is 7.55. The second-order valence-corrected chi connectivity index (χ2v) is 5.42. The summed E-state index contributed by atoms with van der Waals surface area (Å²) in [6.45, 7) is 1.98. The number of nitrogens with zero attached hydrogens (tertiary/aromatic N) is 3. The highest BCUT2D eigenvalue weighted by Gasteiger charge is 2.19. The molecule has 7 heteroatoms. The lowest BCUT2D eigenvalue weighted by Gasteiger charge is -2.21. The van der Waals surface area contributed by atoms with Crippen molar-refractivity contribution in [2.45, 2.75) is 19.4 Å². The molecule has 1 atom stereocenters. The fourth-order valence-electron chi connectivity index (χ4n) is 2.54. The van der Waals surface area contributed by atoms with Gasteiger partial charge in [0.25, 0.3) is 5.56 Å². The number of hydrogen-bond acceptors (Lipinski definition) is 5. The molecule has 0 aliphatic rings. The summed E-state index contributed by atoms with van der Waals surface area (Å²) in [6, 6.07) is 9.24. The van der Waals surface area contributed by atoms with E-state index < -0.39 is 11.2 Å². The maximum absolute atomic E-state index is 12.2. The lowest BCUT2D eigenvalue weighted by molar-refractivity contribution is 0.414. The van der Waals surface area contributed by atoms with Crippen molar-refractivity contribution in [1.29, 1.82) is 5.26 Å². The second kappa shape index (κ2) is 7.04. The normalized spacial score (nSPS) is 11.6. The Labute approximate surface area is 139 Å². The number of rotatable bonds is 5. The minimum absolute atomic E-state index is 0.0773. The Morgan fingerprint density at radius 1 is 1.21 bits per heavy atom. The highest BCUT2D eigenvalue weighted by molar-refractivity contribution is 5.52. The number of anilines is 1. The van der Waals surface area contributed by atoms with Crippen molar-refractivity contribution in [2.75, 3.05) is 12.4 Å². The van der Waals surface area contributed by atoms with Crippen LogP contribution in [0.15, 0.2) is 33.9 Å². The zero-order valence-electron chi connectivity index (χ0n) is 14.2. The minimum Gasteiger partial charge on any atom is -0.497 e. The molecule has 1 aromatic heterocycles. The standard InChI is InChI=1S/C17H20N4O3/c1-5-14(11-6-8-12(24-4)9-7-11)19-15-13(10-18)16(22)21(3)17(23)20(15)2/h6-9,14,19H,5H2,1-4H3. The maximum Gasteiger partial charge on any atom is 0.332 e. The van der Waals surface area contributed by atoms with Gasteiger partial charge in [-0.15, -0.1) is 0 Å². The number of nitrogens with one attached hydrogen (secondary N) is 1. The van der Waals surface area contributed by atoms with Crippen molar-refractivity contribution >= 4 is 5.82 Å². The maximum atomic E-state index is 12.2. The first-order valence-corrected chi connectivity index (χ1v) is 7.55. The molecule has 7 nitrogen and oxygen atoms in total. The smallest absolute Gasteiger partial charge is 0.332 e. The van der Waals surface area contributed by atoms with Crippen molar-refractivity contribution in [1.82, 2.24) is 9.13 Å². The van der Waals surface area contributed by atoms with Crippen LogP contribution in [0, 0.1) is 11.3 Å². The van der Waals surface area contributed by atoms with Crippen LogP contribution in [0.3, 0.4) is 0 Å². The van der Waals surface area contributed by atoms with Gasteiger partial charge in [0.1, 0.15) is 17.6 Å². The van der Waals surface area contributed by atoms with Crippen LogP contribution in [0.5, 0.6) is 5.75 Å². The highest BCUT2D eigenvalue weighted by atomic mass is 16.5. The Morgan fingerprint density at radius 3 is 2.33 bits per heavy atom. The van der Waals surface area contributed by atoms with Gasteiger partial charge < -0.3 is 10.1 Å². The molecule has 0 saturated carbocycles. The van der Waals surface area contributed by atoms with Crippen molar-refractivity contribution < 1.29 is 4.74 Å². The molecule has 0 spiro atoms. The molecule has 0 aliphatic carbocycles. The molecule has 126 valence electrons. The first kappa shape index (κ1) is 17.3. The Kier molecular flexibility index (Phi) is 5.09. The van der Waals surface area contributed by atoms with Crippen LogP contribution < -0.4 is 21.3 Å². The van der Waals surface area contributed by atoms with Crippen LogP contribution in [-0.4, -0.2) is 16.2 Å². The lowest BCUT2D eigenvalue weighted by atomic mass is 10.0. The first-order chi connectivity index (χ1) is 11.4. The number of hydrogen-bond donors (Lipinski definition) is 1. The van der Waals surface area contributed by atoms with Crippen LogP contribution in [0.25, 0.3) is 0 Å². The van der Waals surface area contributed by atoms with Gasteiger partial charge in [0.05, 0.1) is 13.2 Å². The fraction of sp³-hybridized carbons (Fsp3) is 0.353. The van der Waals surface area contributed by atoms with E-state index in [-0.39, 0.29) is 17.4 Å². The van der Waals surface area contributed by atoms with Crippen molar-refractivity contribution in [3.05, 3.63) is 56.2 Å². The van der Waals surface area contributed by atoms with Crippen molar-refractivity contribution in [3.63, 3.8) is 0 Å². The van der Waals surface area contributed by atoms with Crippen LogP contribution in [0.1, 0.15) is 30.5 Å². The summed E-state index contributed by atoms with van der Waals surface area (Å²) < 4.78 is 7.36. The quantitative estimate of drug-likeness (QED) is 0.899. The van der Waals surface area contributed by atoms with Crippen LogP contribution in [0.2, 0.25) is 0 Å². The molecular formula is C17H20N4O3. The largest absolute Gasteiger partial charge is 0.497 e. The zero-order valence-corrected chi connectivity index (χ0v) is 14.2. The monoisotopic (exact) mass is 328 g/mol. The number of ether oxygens (including phenoxy) is 1. The second-order valence-electron chi connectivity index (χ2n) is 5.42. The van der Waals surface area contributed by atoms with E-state index in [9.17, 15) is 14.9 Å². The van der Waals surface area contributed by atoms with Gasteiger partial charge in [-0.2, -0.15) is 5.26 Å². The van der Waals surface area contributed by atoms with Gasteiger partial charge in [0.15, 0.2) is 5.56 Å². The van der Waals surface area contributed by atoms with Gasteiger partial charge in [-0.25, -0.2) is 4.79 Å². The zero-order chi connectivity index (χ0) is 17.9. The summed E-state index contributed by atoms with van der Waals surface area (Å²) in [5, 5.41) is 12.5.